The van der Waals surface area contributed by atoms with Crippen LogP contribution in [0.2, 0.25) is 0 Å². The van der Waals surface area contributed by atoms with Crippen LogP contribution in [0.15, 0.2) is 24.4 Å². The van der Waals surface area contributed by atoms with Gasteiger partial charge < -0.3 is 21.7 Å². The fourth-order valence-corrected chi connectivity index (χ4v) is 1.12. The van der Waals surface area contributed by atoms with Crippen LogP contribution in [0.3, 0.4) is 0 Å². The molecule has 0 saturated carbocycles. The largest absolute Gasteiger partial charge is 0.480 e. The third-order valence-corrected chi connectivity index (χ3v) is 2.17. The molecule has 1 rings (SSSR count). The van der Waals surface area contributed by atoms with Gasteiger partial charge in [0, 0.05) is 6.20 Å². The SMILES string of the molecule is NCCCCC(N)C(=O)O.O=C(O)c1ccccn1. The van der Waals surface area contributed by atoms with E-state index in [4.69, 9.17) is 21.7 Å². The lowest BCUT2D eigenvalue weighted by Gasteiger charge is -2.03. The monoisotopic (exact) mass is 269 g/mol. The van der Waals surface area contributed by atoms with E-state index in [9.17, 15) is 9.59 Å². The lowest BCUT2D eigenvalue weighted by Crippen LogP contribution is -2.29. The molecule has 0 aliphatic heterocycles. The van der Waals surface area contributed by atoms with E-state index < -0.39 is 18.0 Å². The molecule has 0 radical (unpaired) electrons. The quantitative estimate of drug-likeness (QED) is 0.545. The zero-order valence-corrected chi connectivity index (χ0v) is 10.5. The zero-order valence-electron chi connectivity index (χ0n) is 10.5. The molecule has 6 N–H and O–H groups in total. The highest BCUT2D eigenvalue weighted by molar-refractivity contribution is 5.85. The summed E-state index contributed by atoms with van der Waals surface area (Å²) in [6.07, 6.45) is 3.61. The molecule has 0 aromatic carbocycles. The molecule has 1 aromatic heterocycles. The molecule has 0 aliphatic rings. The minimum absolute atomic E-state index is 0.0810. The van der Waals surface area contributed by atoms with Gasteiger partial charge in [0.1, 0.15) is 11.7 Å². The Balaban J connectivity index is 0.000000342. The standard InChI is InChI=1S/C6H14N2O2.C6H5NO2/c7-4-2-1-3-5(8)6(9)10;8-6(9)5-3-1-2-4-7-5/h5H,1-4,7-8H2,(H,9,10);1-4H,(H,8,9). The predicted molar refractivity (Wildman–Crippen MR) is 69.7 cm³/mol. The summed E-state index contributed by atoms with van der Waals surface area (Å²) >= 11 is 0. The molecule has 0 saturated heterocycles. The van der Waals surface area contributed by atoms with E-state index in [1.54, 1.807) is 12.1 Å². The highest BCUT2D eigenvalue weighted by Gasteiger charge is 2.09. The number of pyridine rings is 1. The Morgan fingerprint density at radius 3 is 2.32 bits per heavy atom. The third-order valence-electron chi connectivity index (χ3n) is 2.17. The Hall–Kier alpha value is -1.99. The van der Waals surface area contributed by atoms with Crippen LogP contribution in [0.4, 0.5) is 0 Å². The number of carboxylic acids is 2. The molecule has 1 atom stereocenters. The van der Waals surface area contributed by atoms with Crippen molar-refractivity contribution in [2.75, 3.05) is 6.54 Å². The van der Waals surface area contributed by atoms with Crippen molar-refractivity contribution in [3.05, 3.63) is 30.1 Å². The normalized spacial score (nSPS) is 11.1. The van der Waals surface area contributed by atoms with Crippen molar-refractivity contribution in [1.29, 1.82) is 0 Å². The first-order valence-corrected chi connectivity index (χ1v) is 5.81. The first-order chi connectivity index (χ1) is 8.99. The van der Waals surface area contributed by atoms with E-state index in [1.807, 2.05) is 0 Å². The molecule has 19 heavy (non-hydrogen) atoms. The van der Waals surface area contributed by atoms with Gasteiger partial charge in [-0.2, -0.15) is 0 Å². The van der Waals surface area contributed by atoms with Gasteiger partial charge in [0.25, 0.3) is 0 Å². The molecule has 1 unspecified atom stereocenters. The number of carboxylic acid groups (broad SMARTS) is 2. The lowest BCUT2D eigenvalue weighted by atomic mass is 10.1. The number of unbranched alkanes of at least 4 members (excludes halogenated alkanes) is 1. The molecule has 7 nitrogen and oxygen atoms in total. The summed E-state index contributed by atoms with van der Waals surface area (Å²) in [6, 6.07) is 4.04. The van der Waals surface area contributed by atoms with Crippen molar-refractivity contribution in [1.82, 2.24) is 4.98 Å². The van der Waals surface area contributed by atoms with E-state index in [0.717, 1.165) is 12.8 Å². The highest BCUT2D eigenvalue weighted by atomic mass is 16.4. The van der Waals surface area contributed by atoms with Crippen LogP contribution in [-0.4, -0.2) is 39.7 Å². The topological polar surface area (TPSA) is 140 Å². The smallest absolute Gasteiger partial charge is 0.354 e. The molecule has 0 bridgehead atoms. The van der Waals surface area contributed by atoms with E-state index in [0.29, 0.717) is 13.0 Å². The highest BCUT2D eigenvalue weighted by Crippen LogP contribution is 1.97. The van der Waals surface area contributed by atoms with Crippen LogP contribution in [0.5, 0.6) is 0 Å². The Bertz CT molecular complexity index is 384. The summed E-state index contributed by atoms with van der Waals surface area (Å²) in [5.74, 6) is -1.92. The summed E-state index contributed by atoms with van der Waals surface area (Å²) in [6.45, 7) is 0.604. The summed E-state index contributed by atoms with van der Waals surface area (Å²) in [5, 5.41) is 16.6. The molecule has 0 amide bonds. The number of nitrogens with two attached hydrogens (primary N) is 2. The second-order valence-electron chi connectivity index (χ2n) is 3.75. The second kappa shape index (κ2) is 9.98. The van der Waals surface area contributed by atoms with Gasteiger partial charge in [0.05, 0.1) is 0 Å². The van der Waals surface area contributed by atoms with Crippen LogP contribution >= 0.6 is 0 Å². The molecule has 1 aromatic rings. The molecule has 1 heterocycles. The van der Waals surface area contributed by atoms with Gasteiger partial charge in [-0.15, -0.1) is 0 Å². The number of aromatic carboxylic acids is 1. The number of carbonyl (C=O) groups is 2. The van der Waals surface area contributed by atoms with Crippen molar-refractivity contribution < 1.29 is 19.8 Å². The molecule has 0 aliphatic carbocycles. The van der Waals surface area contributed by atoms with Crippen LogP contribution < -0.4 is 11.5 Å². The molecule has 7 heteroatoms. The fraction of sp³-hybridized carbons (Fsp3) is 0.417. The fourth-order valence-electron chi connectivity index (χ4n) is 1.12. The average molecular weight is 269 g/mol. The molecular formula is C12H19N3O4. The van der Waals surface area contributed by atoms with Gasteiger partial charge in [-0.25, -0.2) is 9.78 Å². The van der Waals surface area contributed by atoms with Crippen molar-refractivity contribution in [3.63, 3.8) is 0 Å². The maximum Gasteiger partial charge on any atom is 0.354 e. The second-order valence-corrected chi connectivity index (χ2v) is 3.75. The van der Waals surface area contributed by atoms with Gasteiger partial charge in [0.15, 0.2) is 0 Å². The van der Waals surface area contributed by atoms with Crippen molar-refractivity contribution in [3.8, 4) is 0 Å². The van der Waals surface area contributed by atoms with E-state index >= 15 is 0 Å². The minimum atomic E-state index is -0.990. The van der Waals surface area contributed by atoms with Crippen molar-refractivity contribution in [2.45, 2.75) is 25.3 Å². The predicted octanol–water partition coefficient (Wildman–Crippen LogP) is 0.307. The van der Waals surface area contributed by atoms with Crippen LogP contribution in [0.25, 0.3) is 0 Å². The van der Waals surface area contributed by atoms with E-state index in [2.05, 4.69) is 4.98 Å². The van der Waals surface area contributed by atoms with Gasteiger partial charge in [0.2, 0.25) is 0 Å². The van der Waals surface area contributed by atoms with Crippen molar-refractivity contribution in [2.24, 2.45) is 11.5 Å². The van der Waals surface area contributed by atoms with Crippen LogP contribution in [0.1, 0.15) is 29.8 Å². The number of hydrogen-bond donors (Lipinski definition) is 4. The zero-order chi connectivity index (χ0) is 14.7. The minimum Gasteiger partial charge on any atom is -0.480 e. The van der Waals surface area contributed by atoms with Crippen LogP contribution in [0, 0.1) is 0 Å². The third kappa shape index (κ3) is 8.70. The van der Waals surface area contributed by atoms with E-state index in [1.165, 1.54) is 12.3 Å². The average Bonchev–Trinajstić information content (AvgIpc) is 2.40. The molecule has 106 valence electrons. The summed E-state index contributed by atoms with van der Waals surface area (Å²) < 4.78 is 0. The first-order valence-electron chi connectivity index (χ1n) is 5.81. The van der Waals surface area contributed by atoms with Gasteiger partial charge in [-0.1, -0.05) is 12.5 Å². The van der Waals surface area contributed by atoms with E-state index in [-0.39, 0.29) is 5.69 Å². The first kappa shape index (κ1) is 17.0. The molecule has 0 spiro atoms. The van der Waals surface area contributed by atoms with Gasteiger partial charge in [-0.3, -0.25) is 4.79 Å². The molecule has 0 fully saturated rings. The maximum absolute atomic E-state index is 10.1. The Labute approximate surface area is 111 Å². The van der Waals surface area contributed by atoms with Crippen molar-refractivity contribution >= 4 is 11.9 Å². The lowest BCUT2D eigenvalue weighted by molar-refractivity contribution is -0.138. The van der Waals surface area contributed by atoms with Gasteiger partial charge >= 0.3 is 11.9 Å². The number of rotatable bonds is 6. The Morgan fingerprint density at radius 2 is 1.95 bits per heavy atom. The Kier molecular flexibility index (Phi) is 8.94. The number of hydrogen-bond acceptors (Lipinski definition) is 5. The number of aromatic nitrogens is 1. The summed E-state index contributed by atoms with van der Waals surface area (Å²) in [5.41, 5.74) is 10.5. The summed E-state index contributed by atoms with van der Waals surface area (Å²) in [4.78, 5) is 23.9. The maximum atomic E-state index is 10.1. The summed E-state index contributed by atoms with van der Waals surface area (Å²) in [7, 11) is 0. The molecular weight excluding hydrogens is 250 g/mol. The Morgan fingerprint density at radius 1 is 1.26 bits per heavy atom. The van der Waals surface area contributed by atoms with Gasteiger partial charge in [-0.05, 0) is 31.5 Å². The number of aliphatic carboxylic acids is 1. The van der Waals surface area contributed by atoms with Crippen LogP contribution in [-0.2, 0) is 4.79 Å². The number of nitrogens with zero attached hydrogens (tertiary/aromatic N) is 1.